The van der Waals surface area contributed by atoms with Gasteiger partial charge in [-0.05, 0) is 33.6 Å². The Hall–Kier alpha value is -0.820. The Morgan fingerprint density at radius 2 is 1.80 bits per heavy atom. The monoisotopic (exact) mass is 309 g/mol. The summed E-state index contributed by atoms with van der Waals surface area (Å²) in [6.45, 7) is 9.66. The molecule has 0 bridgehead atoms. The van der Waals surface area contributed by atoms with Gasteiger partial charge in [0.15, 0.2) is 0 Å². The summed E-state index contributed by atoms with van der Waals surface area (Å²) in [6.07, 6.45) is 1.91. The van der Waals surface area contributed by atoms with Crippen molar-refractivity contribution in [2.45, 2.75) is 59.1 Å². The molecular weight excluding hydrogens is 282 g/mol. The van der Waals surface area contributed by atoms with Crippen molar-refractivity contribution in [1.82, 2.24) is 4.90 Å². The summed E-state index contributed by atoms with van der Waals surface area (Å²) in [7, 11) is -3.52. The van der Waals surface area contributed by atoms with Gasteiger partial charge in [-0.25, -0.2) is 4.79 Å². The highest BCUT2D eigenvalue weighted by atomic mass is 32.2. The molecule has 0 saturated heterocycles. The van der Waals surface area contributed by atoms with Crippen molar-refractivity contribution in [3.05, 3.63) is 0 Å². The predicted molar refractivity (Wildman–Crippen MR) is 78.1 cm³/mol. The predicted octanol–water partition coefficient (Wildman–Crippen LogP) is 2.39. The molecule has 0 fully saturated rings. The molecule has 0 aliphatic heterocycles. The van der Waals surface area contributed by atoms with Gasteiger partial charge in [-0.3, -0.25) is 4.18 Å². The lowest BCUT2D eigenvalue weighted by atomic mass is 10.2. The van der Waals surface area contributed by atoms with E-state index in [0.29, 0.717) is 13.0 Å². The van der Waals surface area contributed by atoms with Crippen molar-refractivity contribution in [2.24, 2.45) is 0 Å². The van der Waals surface area contributed by atoms with Gasteiger partial charge in [0.05, 0.1) is 18.9 Å². The largest absolute Gasteiger partial charge is 0.444 e. The molecule has 20 heavy (non-hydrogen) atoms. The number of carbonyl (C=O) groups excluding carboxylic acids is 1. The Bertz CT molecular complexity index is 399. The van der Waals surface area contributed by atoms with Gasteiger partial charge >= 0.3 is 6.09 Å². The van der Waals surface area contributed by atoms with Crippen molar-refractivity contribution in [3.63, 3.8) is 0 Å². The minimum absolute atomic E-state index is 0.0470. The van der Waals surface area contributed by atoms with Crippen LogP contribution < -0.4 is 0 Å². The van der Waals surface area contributed by atoms with Gasteiger partial charge in [0.1, 0.15) is 5.60 Å². The first kappa shape index (κ1) is 19.2. The molecule has 0 aromatic rings. The van der Waals surface area contributed by atoms with Crippen LogP contribution in [0.3, 0.4) is 0 Å². The highest BCUT2D eigenvalue weighted by Gasteiger charge is 2.27. The molecule has 0 radical (unpaired) electrons. The van der Waals surface area contributed by atoms with Gasteiger partial charge in [0, 0.05) is 6.54 Å². The molecule has 0 unspecified atom stereocenters. The van der Waals surface area contributed by atoms with Crippen LogP contribution in [0, 0.1) is 0 Å². The number of nitrogens with zero attached hydrogens (tertiary/aromatic N) is 1. The maximum Gasteiger partial charge on any atom is 0.410 e. The van der Waals surface area contributed by atoms with E-state index in [4.69, 9.17) is 8.92 Å². The quantitative estimate of drug-likeness (QED) is 0.675. The Morgan fingerprint density at radius 3 is 2.15 bits per heavy atom. The number of amides is 1. The zero-order chi connectivity index (χ0) is 16.0. The number of carbonyl (C=O) groups is 1. The fraction of sp³-hybridized carbons (Fsp3) is 0.923. The molecule has 1 amide bonds. The minimum atomic E-state index is -3.52. The van der Waals surface area contributed by atoms with E-state index < -0.39 is 21.8 Å². The first-order valence-corrected chi connectivity index (χ1v) is 8.65. The smallest absolute Gasteiger partial charge is 0.410 e. The van der Waals surface area contributed by atoms with Gasteiger partial charge in [-0.15, -0.1) is 0 Å². The third-order valence-electron chi connectivity index (χ3n) is 2.48. The number of hydrogen-bond donors (Lipinski definition) is 0. The van der Waals surface area contributed by atoms with Crippen LogP contribution in [0.5, 0.6) is 0 Å². The van der Waals surface area contributed by atoms with Crippen molar-refractivity contribution in [1.29, 1.82) is 0 Å². The van der Waals surface area contributed by atoms with E-state index in [0.717, 1.165) is 12.7 Å². The summed E-state index contributed by atoms with van der Waals surface area (Å²) >= 11 is 0. The van der Waals surface area contributed by atoms with E-state index in [9.17, 15) is 13.2 Å². The molecule has 1 atom stereocenters. The molecule has 0 saturated carbocycles. The van der Waals surface area contributed by atoms with E-state index in [1.807, 2.05) is 13.8 Å². The summed E-state index contributed by atoms with van der Waals surface area (Å²) in [5, 5.41) is 0. The van der Waals surface area contributed by atoms with Crippen molar-refractivity contribution >= 4 is 16.2 Å². The van der Waals surface area contributed by atoms with Crippen LogP contribution in [0.4, 0.5) is 4.79 Å². The molecule has 0 N–H and O–H groups in total. The van der Waals surface area contributed by atoms with Crippen molar-refractivity contribution < 1.29 is 22.1 Å². The first-order valence-electron chi connectivity index (χ1n) is 6.84. The van der Waals surface area contributed by atoms with Gasteiger partial charge in [0.2, 0.25) is 0 Å². The van der Waals surface area contributed by atoms with Crippen LogP contribution in [-0.2, 0) is 19.0 Å². The van der Waals surface area contributed by atoms with Gasteiger partial charge in [0.25, 0.3) is 10.1 Å². The summed E-state index contributed by atoms with van der Waals surface area (Å²) < 4.78 is 32.3. The normalized spacial score (nSPS) is 13.9. The van der Waals surface area contributed by atoms with Gasteiger partial charge in [-0.1, -0.05) is 13.8 Å². The van der Waals surface area contributed by atoms with Crippen LogP contribution in [0.15, 0.2) is 0 Å². The second-order valence-electron chi connectivity index (χ2n) is 5.72. The SMILES string of the molecule is CCCN(C(=O)OC(C)(C)C)[C@@H](CC)COS(C)(=O)=O. The third-order valence-corrected chi connectivity index (χ3v) is 3.04. The standard InChI is InChI=1S/C13H27NO5S/c1-7-9-14(12(15)19-13(3,4)5)11(8-2)10-18-20(6,16)17/h11H,7-10H2,1-6H3/t11-/m0/s1. The van der Waals surface area contributed by atoms with E-state index in [1.165, 1.54) is 4.90 Å². The third kappa shape index (κ3) is 8.37. The first-order chi connectivity index (χ1) is 9.00. The van der Waals surface area contributed by atoms with Crippen molar-refractivity contribution in [2.75, 3.05) is 19.4 Å². The van der Waals surface area contributed by atoms with Crippen LogP contribution >= 0.6 is 0 Å². The number of hydrogen-bond acceptors (Lipinski definition) is 5. The number of rotatable bonds is 7. The molecule has 120 valence electrons. The molecule has 0 aliphatic rings. The van der Waals surface area contributed by atoms with Crippen molar-refractivity contribution in [3.8, 4) is 0 Å². The second-order valence-corrected chi connectivity index (χ2v) is 7.37. The highest BCUT2D eigenvalue weighted by Crippen LogP contribution is 2.15. The van der Waals surface area contributed by atoms with E-state index in [1.54, 1.807) is 20.8 Å². The maximum atomic E-state index is 12.2. The van der Waals surface area contributed by atoms with Crippen LogP contribution in [0.2, 0.25) is 0 Å². The molecule has 0 aromatic heterocycles. The van der Waals surface area contributed by atoms with Gasteiger partial charge < -0.3 is 9.64 Å². The molecule has 0 heterocycles. The second kappa shape index (κ2) is 7.83. The zero-order valence-corrected chi connectivity index (χ0v) is 14.1. The summed E-state index contributed by atoms with van der Waals surface area (Å²) in [4.78, 5) is 13.7. The molecule has 7 heteroatoms. The van der Waals surface area contributed by atoms with Crippen LogP contribution in [0.25, 0.3) is 0 Å². The fourth-order valence-electron chi connectivity index (χ4n) is 1.61. The zero-order valence-electron chi connectivity index (χ0n) is 13.3. The lowest BCUT2D eigenvalue weighted by Crippen LogP contribution is -2.45. The Morgan fingerprint density at radius 1 is 1.25 bits per heavy atom. The molecule has 0 rings (SSSR count). The Kier molecular flexibility index (Phi) is 7.51. The maximum absolute atomic E-state index is 12.2. The molecule has 0 spiro atoms. The van der Waals surface area contributed by atoms with E-state index in [-0.39, 0.29) is 12.6 Å². The fourth-order valence-corrected chi connectivity index (χ4v) is 2.02. The highest BCUT2D eigenvalue weighted by molar-refractivity contribution is 7.85. The topological polar surface area (TPSA) is 72.9 Å². The van der Waals surface area contributed by atoms with E-state index in [2.05, 4.69) is 0 Å². The molecule has 0 aromatic carbocycles. The number of ether oxygens (including phenoxy) is 1. The summed E-state index contributed by atoms with van der Waals surface area (Å²) in [5.41, 5.74) is -0.584. The Labute approximate surface area is 122 Å². The van der Waals surface area contributed by atoms with Gasteiger partial charge in [-0.2, -0.15) is 8.42 Å². The average Bonchev–Trinajstić information content (AvgIpc) is 2.24. The summed E-state index contributed by atoms with van der Waals surface area (Å²) in [6, 6.07) is -0.320. The van der Waals surface area contributed by atoms with Crippen LogP contribution in [-0.4, -0.2) is 50.5 Å². The Balaban J connectivity index is 4.87. The van der Waals surface area contributed by atoms with Crippen LogP contribution in [0.1, 0.15) is 47.5 Å². The molecular formula is C13H27NO5S. The summed E-state index contributed by atoms with van der Waals surface area (Å²) in [5.74, 6) is 0. The lowest BCUT2D eigenvalue weighted by Gasteiger charge is -2.32. The minimum Gasteiger partial charge on any atom is -0.444 e. The average molecular weight is 309 g/mol. The molecule has 0 aliphatic carbocycles. The van der Waals surface area contributed by atoms with E-state index >= 15 is 0 Å². The lowest BCUT2D eigenvalue weighted by molar-refractivity contribution is 0.0105. The molecule has 6 nitrogen and oxygen atoms in total.